The van der Waals surface area contributed by atoms with Gasteiger partial charge in [-0.25, -0.2) is 0 Å². The van der Waals surface area contributed by atoms with Crippen molar-refractivity contribution in [1.29, 1.82) is 0 Å². The minimum Gasteiger partial charge on any atom is -0.462 e. The highest BCUT2D eigenvalue weighted by Gasteiger charge is 2.19. The van der Waals surface area contributed by atoms with E-state index in [0.717, 1.165) is 135 Å². The van der Waals surface area contributed by atoms with Gasteiger partial charge in [0.1, 0.15) is 13.2 Å². The predicted molar refractivity (Wildman–Crippen MR) is 274 cm³/mol. The summed E-state index contributed by atoms with van der Waals surface area (Å²) in [6, 6.07) is 0. The van der Waals surface area contributed by atoms with Crippen molar-refractivity contribution in [2.24, 2.45) is 0 Å². The number of carbonyl (C=O) groups is 3. The zero-order valence-electron chi connectivity index (χ0n) is 42.0. The van der Waals surface area contributed by atoms with Gasteiger partial charge in [0.25, 0.3) is 0 Å². The zero-order valence-corrected chi connectivity index (χ0v) is 42.0. The second kappa shape index (κ2) is 52.5. The van der Waals surface area contributed by atoms with E-state index in [1.807, 2.05) is 0 Å². The number of hydrogen-bond donors (Lipinski definition) is 0. The van der Waals surface area contributed by atoms with Crippen molar-refractivity contribution >= 4 is 17.9 Å². The van der Waals surface area contributed by atoms with Crippen LogP contribution in [0.3, 0.4) is 0 Å². The number of allylic oxidation sites excluding steroid dienone is 12. The molecule has 0 saturated carbocycles. The van der Waals surface area contributed by atoms with Crippen molar-refractivity contribution in [3.8, 4) is 0 Å². The molecule has 1 atom stereocenters. The quantitative estimate of drug-likeness (QED) is 0.0262. The third-order valence-electron chi connectivity index (χ3n) is 11.4. The molecule has 0 aromatic heterocycles. The van der Waals surface area contributed by atoms with Crippen LogP contribution in [0, 0.1) is 0 Å². The molecule has 0 aliphatic carbocycles. The van der Waals surface area contributed by atoms with Crippen molar-refractivity contribution in [3.63, 3.8) is 0 Å². The van der Waals surface area contributed by atoms with Crippen molar-refractivity contribution < 1.29 is 28.6 Å². The standard InChI is InChI=1S/C58H100O6/c1-4-7-10-13-16-19-22-25-28-31-33-36-39-42-45-48-51-57(60)63-54-55(64-58(61)52-49-46-43-40-37-34-30-27-24-21-18-15-12-9-6-3)53-62-56(59)50-47-44-41-38-35-32-29-26-23-20-17-14-11-8-5-2/h17-22,26-31,55H,4-16,23-25,32-54H2,1-3H3/b20-17-,21-18-,22-19-,29-26-,30-27-,31-28-. The molecular weight excluding hydrogens is 793 g/mol. The summed E-state index contributed by atoms with van der Waals surface area (Å²) in [6.07, 6.45) is 65.9. The van der Waals surface area contributed by atoms with Crippen LogP contribution >= 0.6 is 0 Å². The Labute approximate surface area is 395 Å². The van der Waals surface area contributed by atoms with Gasteiger partial charge in [-0.2, -0.15) is 0 Å². The number of hydrogen-bond acceptors (Lipinski definition) is 6. The van der Waals surface area contributed by atoms with Crippen molar-refractivity contribution in [2.45, 2.75) is 264 Å². The fourth-order valence-corrected chi connectivity index (χ4v) is 7.30. The third kappa shape index (κ3) is 49.9. The maximum atomic E-state index is 12.8. The SMILES string of the molecule is CCCCC/C=C\C/C=C\CCCCCCCC(=O)OCC(COC(=O)CCCCCCC/C=C\C/C=C\CCCCCC)OC(=O)CCCCCCC/C=C\C/C=C\CCCCC. The normalized spacial score (nSPS) is 12.6. The summed E-state index contributed by atoms with van der Waals surface area (Å²) in [7, 11) is 0. The smallest absolute Gasteiger partial charge is 0.306 e. The maximum Gasteiger partial charge on any atom is 0.306 e. The average molecular weight is 893 g/mol. The lowest BCUT2D eigenvalue weighted by Gasteiger charge is -2.18. The van der Waals surface area contributed by atoms with Gasteiger partial charge in [0.05, 0.1) is 0 Å². The van der Waals surface area contributed by atoms with Crippen molar-refractivity contribution in [2.75, 3.05) is 13.2 Å². The molecule has 1 unspecified atom stereocenters. The maximum absolute atomic E-state index is 12.8. The van der Waals surface area contributed by atoms with E-state index >= 15 is 0 Å². The van der Waals surface area contributed by atoms with Crippen LogP contribution in [0.5, 0.6) is 0 Å². The number of carbonyl (C=O) groups excluding carboxylic acids is 3. The lowest BCUT2D eigenvalue weighted by Crippen LogP contribution is -2.30. The highest BCUT2D eigenvalue weighted by Crippen LogP contribution is 2.13. The van der Waals surface area contributed by atoms with Crippen molar-refractivity contribution in [3.05, 3.63) is 72.9 Å². The highest BCUT2D eigenvalue weighted by atomic mass is 16.6. The molecule has 0 amide bonds. The molecule has 0 spiro atoms. The first-order chi connectivity index (χ1) is 31.5. The molecule has 0 fully saturated rings. The van der Waals surface area contributed by atoms with Crippen LogP contribution < -0.4 is 0 Å². The molecule has 0 aromatic rings. The minimum absolute atomic E-state index is 0.0932. The van der Waals surface area contributed by atoms with Gasteiger partial charge in [-0.1, -0.05) is 196 Å². The molecular formula is C58H100O6. The van der Waals surface area contributed by atoms with E-state index < -0.39 is 6.10 Å². The first-order valence-electron chi connectivity index (χ1n) is 26.9. The second-order valence-corrected chi connectivity index (χ2v) is 17.8. The summed E-state index contributed by atoms with van der Waals surface area (Å²) in [4.78, 5) is 38.0. The molecule has 0 aliphatic heterocycles. The molecule has 0 radical (unpaired) electrons. The van der Waals surface area contributed by atoms with Gasteiger partial charge in [-0.3, -0.25) is 14.4 Å². The fourth-order valence-electron chi connectivity index (χ4n) is 7.30. The van der Waals surface area contributed by atoms with E-state index in [-0.39, 0.29) is 31.1 Å². The topological polar surface area (TPSA) is 78.9 Å². The Bertz CT molecular complexity index is 1210. The lowest BCUT2D eigenvalue weighted by atomic mass is 10.1. The van der Waals surface area contributed by atoms with Crippen LogP contribution in [-0.2, 0) is 28.6 Å². The molecule has 64 heavy (non-hydrogen) atoms. The summed E-state index contributed by atoms with van der Waals surface area (Å²) in [5.41, 5.74) is 0. The van der Waals surface area contributed by atoms with E-state index in [0.29, 0.717) is 19.3 Å². The molecule has 0 heterocycles. The Morgan fingerprint density at radius 1 is 0.312 bits per heavy atom. The van der Waals surface area contributed by atoms with Crippen LogP contribution in [0.15, 0.2) is 72.9 Å². The molecule has 0 aromatic carbocycles. The predicted octanol–water partition coefficient (Wildman–Crippen LogP) is 17.8. The Morgan fingerprint density at radius 3 is 0.891 bits per heavy atom. The molecule has 0 bridgehead atoms. The van der Waals surface area contributed by atoms with E-state index in [1.165, 1.54) is 83.5 Å². The molecule has 368 valence electrons. The highest BCUT2D eigenvalue weighted by molar-refractivity contribution is 5.71. The van der Waals surface area contributed by atoms with Crippen LogP contribution in [0.4, 0.5) is 0 Å². The van der Waals surface area contributed by atoms with Gasteiger partial charge >= 0.3 is 17.9 Å². The second-order valence-electron chi connectivity index (χ2n) is 17.8. The number of unbranched alkanes of at least 4 members (excludes halogenated alkanes) is 25. The summed E-state index contributed by atoms with van der Waals surface area (Å²) in [5.74, 6) is -0.930. The Balaban J connectivity index is 4.46. The molecule has 6 heteroatoms. The first kappa shape index (κ1) is 60.9. The van der Waals surface area contributed by atoms with Crippen molar-refractivity contribution in [1.82, 2.24) is 0 Å². The van der Waals surface area contributed by atoms with E-state index in [9.17, 15) is 14.4 Å². The Morgan fingerprint density at radius 2 is 0.562 bits per heavy atom. The van der Waals surface area contributed by atoms with Gasteiger partial charge in [0.15, 0.2) is 6.10 Å². The zero-order chi connectivity index (χ0) is 46.5. The molecule has 0 rings (SSSR count). The van der Waals surface area contributed by atoms with E-state index in [1.54, 1.807) is 0 Å². The van der Waals surface area contributed by atoms with Gasteiger partial charge in [-0.05, 0) is 116 Å². The van der Waals surface area contributed by atoms with E-state index in [2.05, 4.69) is 93.7 Å². The minimum atomic E-state index is -0.794. The third-order valence-corrected chi connectivity index (χ3v) is 11.4. The van der Waals surface area contributed by atoms with Gasteiger partial charge < -0.3 is 14.2 Å². The van der Waals surface area contributed by atoms with Crippen LogP contribution in [0.1, 0.15) is 258 Å². The summed E-state index contributed by atoms with van der Waals surface area (Å²) in [5, 5.41) is 0. The molecule has 0 N–H and O–H groups in total. The average Bonchev–Trinajstić information content (AvgIpc) is 3.29. The van der Waals surface area contributed by atoms with Gasteiger partial charge in [0.2, 0.25) is 0 Å². The van der Waals surface area contributed by atoms with Gasteiger partial charge in [0, 0.05) is 19.3 Å². The summed E-state index contributed by atoms with van der Waals surface area (Å²) >= 11 is 0. The van der Waals surface area contributed by atoms with E-state index in [4.69, 9.17) is 14.2 Å². The summed E-state index contributed by atoms with van der Waals surface area (Å²) < 4.78 is 16.8. The van der Waals surface area contributed by atoms with Crippen LogP contribution in [0.25, 0.3) is 0 Å². The molecule has 6 nitrogen and oxygen atoms in total. The number of esters is 3. The molecule has 0 aliphatic rings. The van der Waals surface area contributed by atoms with Crippen LogP contribution in [0.2, 0.25) is 0 Å². The fraction of sp³-hybridized carbons (Fsp3) is 0.741. The number of rotatable bonds is 48. The molecule has 0 saturated heterocycles. The first-order valence-corrected chi connectivity index (χ1v) is 26.9. The van der Waals surface area contributed by atoms with Gasteiger partial charge in [-0.15, -0.1) is 0 Å². The number of ether oxygens (including phenoxy) is 3. The largest absolute Gasteiger partial charge is 0.462 e. The van der Waals surface area contributed by atoms with Crippen LogP contribution in [-0.4, -0.2) is 37.2 Å². The Kier molecular flexibility index (Phi) is 49.9. The Hall–Kier alpha value is -3.15. The monoisotopic (exact) mass is 893 g/mol. The lowest BCUT2D eigenvalue weighted by molar-refractivity contribution is -0.167. The summed E-state index contributed by atoms with van der Waals surface area (Å²) in [6.45, 7) is 6.54.